The number of hydrogen-bond acceptors (Lipinski definition) is 2. The summed E-state index contributed by atoms with van der Waals surface area (Å²) in [5.74, 6) is 0.0120. The molecule has 0 aliphatic carbocycles. The number of aryl methyl sites for hydroxylation is 1. The van der Waals surface area contributed by atoms with Gasteiger partial charge in [-0.15, -0.1) is 0 Å². The van der Waals surface area contributed by atoms with Crippen LogP contribution >= 0.6 is 11.6 Å². The van der Waals surface area contributed by atoms with Crippen LogP contribution in [0.2, 0.25) is 0 Å². The molecule has 1 aromatic carbocycles. The first-order valence-corrected chi connectivity index (χ1v) is 8.71. The summed E-state index contributed by atoms with van der Waals surface area (Å²) >= 11 is 3.66. The molecular weight excluding hydrogens is 308 g/mol. The molecule has 0 bridgehead atoms. The van der Waals surface area contributed by atoms with Crippen LogP contribution in [0.15, 0.2) is 24.3 Å². The molecule has 0 fully saturated rings. The molecule has 0 saturated heterocycles. The van der Waals surface area contributed by atoms with Crippen LogP contribution in [0, 0.1) is 0 Å². The van der Waals surface area contributed by atoms with Gasteiger partial charge in [0.1, 0.15) is 0 Å². The molecule has 0 aromatic heterocycles. The maximum atomic E-state index is 11.5. The zero-order valence-electron chi connectivity index (χ0n) is 12.4. The van der Waals surface area contributed by atoms with Crippen molar-refractivity contribution >= 4 is 27.9 Å². The normalized spacial score (nSPS) is 12.8. The molecule has 1 rings (SSSR count). The van der Waals surface area contributed by atoms with Crippen molar-refractivity contribution in [3.8, 4) is 0 Å². The van der Waals surface area contributed by atoms with Crippen molar-refractivity contribution in [2.24, 2.45) is 0 Å². The highest BCUT2D eigenvalue weighted by molar-refractivity contribution is 7.78. The third kappa shape index (κ3) is 5.73. The van der Waals surface area contributed by atoms with Gasteiger partial charge in [-0.25, -0.2) is 4.21 Å². The molecule has 21 heavy (non-hydrogen) atoms. The van der Waals surface area contributed by atoms with E-state index in [2.05, 4.69) is 19.1 Å². The van der Waals surface area contributed by atoms with E-state index in [4.69, 9.17) is 16.2 Å². The maximum absolute atomic E-state index is 11.5. The molecule has 1 N–H and O–H groups in total. The van der Waals surface area contributed by atoms with Crippen molar-refractivity contribution < 1.29 is 13.6 Å². The Morgan fingerprint density at radius 2 is 1.95 bits per heavy atom. The van der Waals surface area contributed by atoms with E-state index in [1.54, 1.807) is 6.07 Å². The van der Waals surface area contributed by atoms with E-state index in [0.717, 1.165) is 24.0 Å². The van der Waals surface area contributed by atoms with E-state index >= 15 is 0 Å². The molecule has 0 saturated carbocycles. The first kappa shape index (κ1) is 18.1. The summed E-state index contributed by atoms with van der Waals surface area (Å²) in [4.78, 5) is 11.5. The van der Waals surface area contributed by atoms with Crippen LogP contribution in [-0.2, 0) is 29.7 Å². The Balaban J connectivity index is 3.18. The molecule has 0 spiro atoms. The summed E-state index contributed by atoms with van der Waals surface area (Å²) in [6, 6.07) is 3.58. The van der Waals surface area contributed by atoms with Crippen molar-refractivity contribution in [1.29, 1.82) is 0 Å². The van der Waals surface area contributed by atoms with Gasteiger partial charge >= 0.3 is 0 Å². The second-order valence-corrected chi connectivity index (χ2v) is 6.11. The number of unbranched alkanes of at least 4 members (excludes halogenated alkanes) is 1. The van der Waals surface area contributed by atoms with E-state index in [1.165, 1.54) is 0 Å². The van der Waals surface area contributed by atoms with E-state index in [0.29, 0.717) is 24.0 Å². The predicted molar refractivity (Wildman–Crippen MR) is 88.2 cm³/mol. The van der Waals surface area contributed by atoms with Crippen molar-refractivity contribution in [3.63, 3.8) is 0 Å². The minimum atomic E-state index is -1.94. The zero-order chi connectivity index (χ0) is 15.8. The predicted octanol–water partition coefficient (Wildman–Crippen LogP) is 4.25. The van der Waals surface area contributed by atoms with Crippen molar-refractivity contribution in [2.75, 3.05) is 0 Å². The zero-order valence-corrected chi connectivity index (χ0v) is 14.0. The lowest BCUT2D eigenvalue weighted by atomic mass is 9.96. The molecule has 0 aliphatic heterocycles. The summed E-state index contributed by atoms with van der Waals surface area (Å²) in [7, 11) is 0. The van der Waals surface area contributed by atoms with Gasteiger partial charge in [0.25, 0.3) is 5.24 Å². The molecule has 0 radical (unpaired) electrons. The molecule has 0 amide bonds. The number of benzene rings is 1. The van der Waals surface area contributed by atoms with Crippen LogP contribution in [0.25, 0.3) is 0 Å². The largest absolute Gasteiger partial charge is 0.306 e. The fourth-order valence-corrected chi connectivity index (χ4v) is 2.88. The van der Waals surface area contributed by atoms with Crippen molar-refractivity contribution in [2.45, 2.75) is 45.3 Å². The smallest absolute Gasteiger partial charge is 0.252 e. The lowest BCUT2D eigenvalue weighted by Crippen LogP contribution is -2.05. The van der Waals surface area contributed by atoms with Crippen molar-refractivity contribution in [3.05, 3.63) is 46.5 Å². The average molecular weight is 329 g/mol. The van der Waals surface area contributed by atoms with Crippen LogP contribution in [0.3, 0.4) is 0 Å². The topological polar surface area (TPSA) is 54.4 Å². The SMILES string of the molecule is CCCC=CCc1cc(CC)c(C(=O)Cl)cc1CS(=O)O. The van der Waals surface area contributed by atoms with Gasteiger partial charge in [-0.05, 0) is 53.6 Å². The van der Waals surface area contributed by atoms with Gasteiger partial charge in [0.2, 0.25) is 0 Å². The van der Waals surface area contributed by atoms with Crippen LogP contribution < -0.4 is 0 Å². The molecule has 0 heterocycles. The van der Waals surface area contributed by atoms with Gasteiger partial charge < -0.3 is 4.55 Å². The molecular formula is C16H21ClO3S. The van der Waals surface area contributed by atoms with Crippen LogP contribution in [0.4, 0.5) is 0 Å². The first-order chi connectivity index (χ1) is 9.99. The highest BCUT2D eigenvalue weighted by atomic mass is 35.5. The Bertz CT molecular complexity index is 553. The molecule has 0 aliphatic rings. The molecule has 1 unspecified atom stereocenters. The van der Waals surface area contributed by atoms with Gasteiger partial charge in [0.15, 0.2) is 11.1 Å². The van der Waals surface area contributed by atoms with E-state index in [-0.39, 0.29) is 5.75 Å². The van der Waals surface area contributed by atoms with E-state index in [1.807, 2.05) is 13.0 Å². The molecule has 1 aromatic rings. The van der Waals surface area contributed by atoms with Crippen LogP contribution in [-0.4, -0.2) is 14.0 Å². The maximum Gasteiger partial charge on any atom is 0.252 e. The Kier molecular flexibility index (Phi) is 7.86. The van der Waals surface area contributed by atoms with Gasteiger partial charge in [0.05, 0.1) is 5.75 Å². The van der Waals surface area contributed by atoms with Crippen LogP contribution in [0.1, 0.15) is 53.7 Å². The monoisotopic (exact) mass is 328 g/mol. The van der Waals surface area contributed by atoms with Gasteiger partial charge in [-0.2, -0.15) is 0 Å². The van der Waals surface area contributed by atoms with Gasteiger partial charge in [-0.3, -0.25) is 4.79 Å². The minimum absolute atomic E-state index is 0.0120. The number of halogens is 1. The average Bonchev–Trinajstić information content (AvgIpc) is 2.43. The second kappa shape index (κ2) is 9.13. The molecule has 116 valence electrons. The number of carbonyl (C=O) groups excluding carboxylic acids is 1. The lowest BCUT2D eigenvalue weighted by Gasteiger charge is -2.12. The van der Waals surface area contributed by atoms with Crippen LogP contribution in [0.5, 0.6) is 0 Å². The summed E-state index contributed by atoms with van der Waals surface area (Å²) in [5, 5.41) is -0.523. The molecule has 1 atom stereocenters. The number of carbonyl (C=O) groups is 1. The van der Waals surface area contributed by atoms with E-state index < -0.39 is 16.3 Å². The third-order valence-electron chi connectivity index (χ3n) is 3.26. The quantitative estimate of drug-likeness (QED) is 0.441. The first-order valence-electron chi connectivity index (χ1n) is 7.06. The highest BCUT2D eigenvalue weighted by Crippen LogP contribution is 2.22. The highest BCUT2D eigenvalue weighted by Gasteiger charge is 2.14. The Hall–Kier alpha value is -0.970. The molecule has 5 heteroatoms. The fraction of sp³-hybridized carbons (Fsp3) is 0.438. The number of rotatable bonds is 8. The minimum Gasteiger partial charge on any atom is -0.306 e. The standard InChI is InChI=1S/C16H21ClO3S/c1-3-5-6-7-8-13-9-12(4-2)15(16(17)18)10-14(13)11-21(19)20/h6-7,9-10H,3-5,8,11H2,1-2H3,(H,19,20). The summed E-state index contributed by atoms with van der Waals surface area (Å²) in [5.41, 5.74) is 2.99. The summed E-state index contributed by atoms with van der Waals surface area (Å²) < 4.78 is 20.2. The van der Waals surface area contributed by atoms with Crippen molar-refractivity contribution in [1.82, 2.24) is 0 Å². The Morgan fingerprint density at radius 1 is 1.24 bits per heavy atom. The Labute approximate surface area is 133 Å². The van der Waals surface area contributed by atoms with Gasteiger partial charge in [0, 0.05) is 5.56 Å². The summed E-state index contributed by atoms with van der Waals surface area (Å²) in [6.07, 6.45) is 7.65. The summed E-state index contributed by atoms with van der Waals surface area (Å²) in [6.45, 7) is 4.07. The Morgan fingerprint density at radius 3 is 2.48 bits per heavy atom. The molecule has 3 nitrogen and oxygen atoms in total. The van der Waals surface area contributed by atoms with Gasteiger partial charge in [-0.1, -0.05) is 38.5 Å². The van der Waals surface area contributed by atoms with E-state index in [9.17, 15) is 9.00 Å². The second-order valence-electron chi connectivity index (χ2n) is 4.84. The fourth-order valence-electron chi connectivity index (χ4n) is 2.17. The third-order valence-corrected chi connectivity index (χ3v) is 4.02. The number of allylic oxidation sites excluding steroid dienone is 2. The number of hydrogen-bond donors (Lipinski definition) is 1. The lowest BCUT2D eigenvalue weighted by molar-refractivity contribution is 0.108.